The monoisotopic (exact) mass is 481 g/mol. The molecule has 1 aromatic heterocycles. The summed E-state index contributed by atoms with van der Waals surface area (Å²) in [6, 6.07) is 3.98. The summed E-state index contributed by atoms with van der Waals surface area (Å²) in [7, 11) is 3.38. The number of thiophene rings is 1. The highest BCUT2D eigenvalue weighted by Crippen LogP contribution is 2.07. The molecule has 0 aliphatic rings. The number of carbonyl (C=O) groups is 2. The van der Waals surface area contributed by atoms with E-state index in [9.17, 15) is 9.59 Å². The zero-order chi connectivity index (χ0) is 18.2. The molecule has 142 valence electrons. The molecular weight excluding hydrogens is 453 g/mol. The van der Waals surface area contributed by atoms with E-state index in [4.69, 9.17) is 0 Å². The van der Waals surface area contributed by atoms with Crippen LogP contribution in [0.25, 0.3) is 0 Å². The van der Waals surface area contributed by atoms with Crippen LogP contribution in [-0.2, 0) is 16.1 Å². The first-order chi connectivity index (χ1) is 11.2. The SMILES string of the molecule is CN(C)C(=O)CNC(=NCC(=O)NC(C)(C)C)NCc1cccs1.I. The average molecular weight is 481 g/mol. The molecule has 7 nitrogen and oxygen atoms in total. The summed E-state index contributed by atoms with van der Waals surface area (Å²) in [4.78, 5) is 30.5. The summed E-state index contributed by atoms with van der Waals surface area (Å²) < 4.78 is 0. The van der Waals surface area contributed by atoms with Crippen molar-refractivity contribution in [1.29, 1.82) is 0 Å². The largest absolute Gasteiger partial charge is 0.351 e. The van der Waals surface area contributed by atoms with Crippen molar-refractivity contribution in [2.45, 2.75) is 32.9 Å². The number of carbonyl (C=O) groups excluding carboxylic acids is 2. The molecule has 0 bridgehead atoms. The lowest BCUT2D eigenvalue weighted by atomic mass is 10.1. The van der Waals surface area contributed by atoms with Crippen LogP contribution in [0.1, 0.15) is 25.6 Å². The van der Waals surface area contributed by atoms with Crippen LogP contribution in [0.4, 0.5) is 0 Å². The molecule has 25 heavy (non-hydrogen) atoms. The van der Waals surface area contributed by atoms with Crippen molar-refractivity contribution >= 4 is 53.1 Å². The summed E-state index contributed by atoms with van der Waals surface area (Å²) in [6.45, 7) is 6.44. The molecule has 9 heteroatoms. The molecule has 0 unspecified atom stereocenters. The van der Waals surface area contributed by atoms with Crippen LogP contribution in [0.5, 0.6) is 0 Å². The van der Waals surface area contributed by atoms with Crippen LogP contribution in [0, 0.1) is 0 Å². The van der Waals surface area contributed by atoms with Gasteiger partial charge in [0.15, 0.2) is 5.96 Å². The highest BCUT2D eigenvalue weighted by molar-refractivity contribution is 14.0. The molecule has 0 atom stereocenters. The molecule has 3 N–H and O–H groups in total. The van der Waals surface area contributed by atoms with Crippen molar-refractivity contribution in [3.63, 3.8) is 0 Å². The molecule has 0 aliphatic carbocycles. The van der Waals surface area contributed by atoms with Crippen molar-refractivity contribution in [2.24, 2.45) is 4.99 Å². The lowest BCUT2D eigenvalue weighted by molar-refractivity contribution is -0.127. The third-order valence-electron chi connectivity index (χ3n) is 2.81. The second-order valence-electron chi connectivity index (χ2n) is 6.54. The van der Waals surface area contributed by atoms with Gasteiger partial charge in [-0.3, -0.25) is 9.59 Å². The molecule has 0 saturated heterocycles. The number of rotatable bonds is 6. The van der Waals surface area contributed by atoms with Crippen LogP contribution >= 0.6 is 35.3 Å². The number of nitrogens with one attached hydrogen (secondary N) is 3. The number of hydrogen-bond donors (Lipinski definition) is 3. The van der Waals surface area contributed by atoms with E-state index in [1.807, 2.05) is 38.3 Å². The minimum Gasteiger partial charge on any atom is -0.351 e. The van der Waals surface area contributed by atoms with E-state index < -0.39 is 0 Å². The van der Waals surface area contributed by atoms with Gasteiger partial charge in [-0.2, -0.15) is 0 Å². The Morgan fingerprint density at radius 1 is 1.24 bits per heavy atom. The quantitative estimate of drug-likeness (QED) is 0.326. The number of amides is 2. The van der Waals surface area contributed by atoms with Crippen LogP contribution in [0.15, 0.2) is 22.5 Å². The summed E-state index contributed by atoms with van der Waals surface area (Å²) in [5, 5.41) is 10.9. The Morgan fingerprint density at radius 3 is 2.44 bits per heavy atom. The fourth-order valence-electron chi connectivity index (χ4n) is 1.68. The zero-order valence-electron chi connectivity index (χ0n) is 15.4. The molecular formula is C16H28IN5O2S. The van der Waals surface area contributed by atoms with Gasteiger partial charge in [0, 0.05) is 24.5 Å². The predicted octanol–water partition coefficient (Wildman–Crippen LogP) is 1.40. The van der Waals surface area contributed by atoms with Gasteiger partial charge in [-0.15, -0.1) is 35.3 Å². The van der Waals surface area contributed by atoms with E-state index in [0.717, 1.165) is 4.88 Å². The molecule has 0 radical (unpaired) electrons. The van der Waals surface area contributed by atoms with Gasteiger partial charge in [-0.25, -0.2) is 4.99 Å². The number of guanidine groups is 1. The number of halogens is 1. The van der Waals surface area contributed by atoms with E-state index in [1.165, 1.54) is 4.90 Å². The Labute approximate surface area is 170 Å². The molecule has 1 aromatic rings. The summed E-state index contributed by atoms with van der Waals surface area (Å²) >= 11 is 1.63. The standard InChI is InChI=1S/C16H27N5O2S.HI/c1-16(2,3)20-13(22)10-18-15(19-11-14(23)21(4)5)17-9-12-7-6-8-24-12;/h6-8H,9-11H2,1-5H3,(H,20,22)(H2,17,18,19);1H. The Hall–Kier alpha value is -1.36. The van der Waals surface area contributed by atoms with Gasteiger partial charge in [0.2, 0.25) is 11.8 Å². The maximum Gasteiger partial charge on any atom is 0.242 e. The fourth-order valence-corrected chi connectivity index (χ4v) is 2.33. The molecule has 1 heterocycles. The number of hydrogen-bond acceptors (Lipinski definition) is 4. The van der Waals surface area contributed by atoms with Gasteiger partial charge in [0.05, 0.1) is 13.1 Å². The van der Waals surface area contributed by atoms with Crippen LogP contribution < -0.4 is 16.0 Å². The van der Waals surface area contributed by atoms with E-state index >= 15 is 0 Å². The molecule has 0 aliphatic heterocycles. The smallest absolute Gasteiger partial charge is 0.242 e. The molecule has 0 fully saturated rings. The molecule has 0 saturated carbocycles. The highest BCUT2D eigenvalue weighted by Gasteiger charge is 2.13. The van der Waals surface area contributed by atoms with Crippen molar-refractivity contribution in [3.05, 3.63) is 22.4 Å². The summed E-state index contributed by atoms with van der Waals surface area (Å²) in [5.74, 6) is 0.195. The van der Waals surface area contributed by atoms with Crippen LogP contribution in [0.3, 0.4) is 0 Å². The topological polar surface area (TPSA) is 85.8 Å². The maximum absolute atomic E-state index is 11.9. The van der Waals surface area contributed by atoms with Gasteiger partial charge in [0.25, 0.3) is 0 Å². The first-order valence-electron chi connectivity index (χ1n) is 7.73. The predicted molar refractivity (Wildman–Crippen MR) is 113 cm³/mol. The van der Waals surface area contributed by atoms with E-state index in [2.05, 4.69) is 20.9 Å². The van der Waals surface area contributed by atoms with Crippen molar-refractivity contribution in [3.8, 4) is 0 Å². The van der Waals surface area contributed by atoms with Gasteiger partial charge >= 0.3 is 0 Å². The third-order valence-corrected chi connectivity index (χ3v) is 3.69. The Balaban J connectivity index is 0.00000576. The van der Waals surface area contributed by atoms with Crippen LogP contribution in [-0.4, -0.2) is 55.4 Å². The Morgan fingerprint density at radius 2 is 1.92 bits per heavy atom. The number of likely N-dealkylation sites (N-methyl/N-ethyl adjacent to an activating group) is 1. The van der Waals surface area contributed by atoms with Crippen molar-refractivity contribution < 1.29 is 9.59 Å². The fraction of sp³-hybridized carbons (Fsp3) is 0.562. The van der Waals surface area contributed by atoms with Gasteiger partial charge in [0.1, 0.15) is 6.54 Å². The van der Waals surface area contributed by atoms with E-state index in [-0.39, 0.29) is 54.4 Å². The number of nitrogens with zero attached hydrogens (tertiary/aromatic N) is 2. The zero-order valence-corrected chi connectivity index (χ0v) is 18.5. The number of aliphatic imine (C=N–C) groups is 1. The summed E-state index contributed by atoms with van der Waals surface area (Å²) in [5.41, 5.74) is -0.300. The second-order valence-corrected chi connectivity index (χ2v) is 7.57. The molecule has 0 aromatic carbocycles. The van der Waals surface area contributed by atoms with Crippen molar-refractivity contribution in [1.82, 2.24) is 20.9 Å². The van der Waals surface area contributed by atoms with E-state index in [0.29, 0.717) is 12.5 Å². The maximum atomic E-state index is 11.9. The van der Waals surface area contributed by atoms with Gasteiger partial charge in [-0.05, 0) is 32.2 Å². The average Bonchev–Trinajstić information content (AvgIpc) is 2.97. The molecule has 1 rings (SSSR count). The third kappa shape index (κ3) is 11.0. The molecule has 0 spiro atoms. The Bertz CT molecular complexity index is 568. The minimum atomic E-state index is -0.300. The minimum absolute atomic E-state index is 0. The first kappa shape index (κ1) is 23.6. The normalized spacial score (nSPS) is 11.3. The Kier molecular flexibility index (Phi) is 10.7. The van der Waals surface area contributed by atoms with Crippen LogP contribution in [0.2, 0.25) is 0 Å². The van der Waals surface area contributed by atoms with Crippen molar-refractivity contribution in [2.75, 3.05) is 27.2 Å². The van der Waals surface area contributed by atoms with Gasteiger partial charge < -0.3 is 20.9 Å². The second kappa shape index (κ2) is 11.3. The van der Waals surface area contributed by atoms with Gasteiger partial charge in [-0.1, -0.05) is 6.07 Å². The molecule has 2 amide bonds. The van der Waals surface area contributed by atoms with E-state index in [1.54, 1.807) is 25.4 Å². The lowest BCUT2D eigenvalue weighted by Crippen LogP contribution is -2.44. The summed E-state index contributed by atoms with van der Waals surface area (Å²) in [6.07, 6.45) is 0. The highest BCUT2D eigenvalue weighted by atomic mass is 127. The first-order valence-corrected chi connectivity index (χ1v) is 8.61. The lowest BCUT2D eigenvalue weighted by Gasteiger charge is -2.20.